The molecular formula is C17H16O4S2. The van der Waals surface area contributed by atoms with E-state index in [-0.39, 0.29) is 15.4 Å². The smallest absolute Gasteiger partial charge is 0.335 e. The van der Waals surface area contributed by atoms with Crippen LogP contribution in [0.3, 0.4) is 0 Å². The minimum atomic E-state index is -3.68. The molecule has 2 rings (SSSR count). The molecule has 23 heavy (non-hydrogen) atoms. The van der Waals surface area contributed by atoms with Gasteiger partial charge in [-0.15, -0.1) is 12.6 Å². The van der Waals surface area contributed by atoms with Gasteiger partial charge < -0.3 is 4.74 Å². The van der Waals surface area contributed by atoms with Crippen LogP contribution in [0.4, 0.5) is 0 Å². The third-order valence-corrected chi connectivity index (χ3v) is 5.39. The maximum Gasteiger partial charge on any atom is 0.335 e. The molecule has 0 aliphatic rings. The highest BCUT2D eigenvalue weighted by Gasteiger charge is 2.24. The minimum Gasteiger partial charge on any atom is -0.466 e. The predicted molar refractivity (Wildman–Crippen MR) is 92.9 cm³/mol. The number of hydrogen-bond acceptors (Lipinski definition) is 5. The molecule has 0 radical (unpaired) electrons. The lowest BCUT2D eigenvalue weighted by Gasteiger charge is -2.11. The number of sulfone groups is 1. The molecule has 6 heteroatoms. The molecule has 0 aromatic heterocycles. The van der Waals surface area contributed by atoms with Crippen LogP contribution >= 0.6 is 12.6 Å². The van der Waals surface area contributed by atoms with Crippen molar-refractivity contribution >= 4 is 33.3 Å². The van der Waals surface area contributed by atoms with Crippen molar-refractivity contribution < 1.29 is 17.9 Å². The average Bonchev–Trinajstić information content (AvgIpc) is 2.60. The first-order chi connectivity index (χ1) is 11.0. The van der Waals surface area contributed by atoms with Gasteiger partial charge in [0.25, 0.3) is 0 Å². The van der Waals surface area contributed by atoms with Crippen LogP contribution in [0.15, 0.2) is 71.1 Å². The largest absolute Gasteiger partial charge is 0.466 e. The highest BCUT2D eigenvalue weighted by molar-refractivity contribution is 7.92. The summed E-state index contributed by atoms with van der Waals surface area (Å²) in [6.45, 7) is 0. The van der Waals surface area contributed by atoms with Crippen molar-refractivity contribution in [2.75, 3.05) is 12.9 Å². The summed E-state index contributed by atoms with van der Waals surface area (Å²) in [7, 11) is -2.46. The van der Waals surface area contributed by atoms with E-state index in [1.54, 1.807) is 42.5 Å². The lowest BCUT2D eigenvalue weighted by Crippen LogP contribution is -2.17. The van der Waals surface area contributed by atoms with E-state index in [1.165, 1.54) is 19.2 Å². The zero-order valence-corrected chi connectivity index (χ0v) is 14.2. The quantitative estimate of drug-likeness (QED) is 0.513. The van der Waals surface area contributed by atoms with Gasteiger partial charge in [-0.1, -0.05) is 48.5 Å². The van der Waals surface area contributed by atoms with Gasteiger partial charge in [0.2, 0.25) is 0 Å². The molecule has 0 spiro atoms. The van der Waals surface area contributed by atoms with E-state index in [2.05, 4.69) is 12.6 Å². The Morgan fingerprint density at radius 1 is 1.00 bits per heavy atom. The number of hydrogen-bond donors (Lipinski definition) is 1. The number of benzene rings is 2. The summed E-state index contributed by atoms with van der Waals surface area (Å²) in [5.74, 6) is -1.18. The van der Waals surface area contributed by atoms with Crippen molar-refractivity contribution in [1.29, 1.82) is 0 Å². The van der Waals surface area contributed by atoms with Gasteiger partial charge in [-0.3, -0.25) is 0 Å². The third kappa shape index (κ3) is 4.24. The second-order valence-electron chi connectivity index (χ2n) is 4.76. The monoisotopic (exact) mass is 348 g/mol. The fourth-order valence-corrected chi connectivity index (χ4v) is 3.83. The molecule has 4 nitrogen and oxygen atoms in total. The summed E-state index contributed by atoms with van der Waals surface area (Å²) in [5, 5.41) is 0. The molecule has 0 saturated carbocycles. The maximum atomic E-state index is 12.5. The van der Waals surface area contributed by atoms with Crippen LogP contribution in [0.25, 0.3) is 4.91 Å². The van der Waals surface area contributed by atoms with Crippen molar-refractivity contribution in [3.63, 3.8) is 0 Å². The Morgan fingerprint density at radius 3 is 2.04 bits per heavy atom. The van der Waals surface area contributed by atoms with Crippen LogP contribution in [-0.2, 0) is 19.4 Å². The second-order valence-corrected chi connectivity index (χ2v) is 7.19. The number of carbonyl (C=O) groups is 1. The van der Waals surface area contributed by atoms with E-state index < -0.39 is 21.6 Å². The molecule has 2 aromatic rings. The van der Waals surface area contributed by atoms with E-state index >= 15 is 0 Å². The molecule has 0 heterocycles. The standard InChI is InChI=1S/C17H16O4S2/c1-21-17(18)15(16(22)13-8-4-2-5-9-13)12-23(19,20)14-10-6-3-7-11-14/h2-11,22H,12H2,1H3. The van der Waals surface area contributed by atoms with Crippen molar-refractivity contribution in [1.82, 2.24) is 0 Å². The lowest BCUT2D eigenvalue weighted by atomic mass is 10.1. The van der Waals surface area contributed by atoms with Gasteiger partial charge in [0.05, 0.1) is 23.3 Å². The van der Waals surface area contributed by atoms with Gasteiger partial charge >= 0.3 is 5.97 Å². The fraction of sp³-hybridized carbons (Fsp3) is 0.118. The predicted octanol–water partition coefficient (Wildman–Crippen LogP) is 2.97. The number of esters is 1. The summed E-state index contributed by atoms with van der Waals surface area (Å²) >= 11 is 4.35. The van der Waals surface area contributed by atoms with Crippen molar-refractivity contribution in [2.45, 2.75) is 4.90 Å². The number of rotatable bonds is 5. The number of methoxy groups -OCH3 is 1. The number of carbonyl (C=O) groups excluding carboxylic acids is 1. The van der Waals surface area contributed by atoms with Crippen molar-refractivity contribution in [3.05, 3.63) is 71.8 Å². The van der Waals surface area contributed by atoms with Crippen LogP contribution in [0.5, 0.6) is 0 Å². The van der Waals surface area contributed by atoms with Crippen molar-refractivity contribution in [2.24, 2.45) is 0 Å². The molecule has 2 aromatic carbocycles. The zero-order chi connectivity index (χ0) is 16.9. The molecule has 0 amide bonds. The summed E-state index contributed by atoms with van der Waals surface area (Å²) in [4.78, 5) is 12.5. The summed E-state index contributed by atoms with van der Waals surface area (Å²) < 4.78 is 29.8. The van der Waals surface area contributed by atoms with Gasteiger partial charge in [-0.2, -0.15) is 0 Å². The fourth-order valence-electron chi connectivity index (χ4n) is 2.02. The molecule has 0 fully saturated rings. The molecule has 0 aliphatic heterocycles. The van der Waals surface area contributed by atoms with Gasteiger partial charge in [0.15, 0.2) is 9.84 Å². The van der Waals surface area contributed by atoms with Crippen LogP contribution in [0.2, 0.25) is 0 Å². The van der Waals surface area contributed by atoms with Crippen LogP contribution in [0.1, 0.15) is 5.56 Å². The van der Waals surface area contributed by atoms with E-state index in [0.717, 1.165) is 0 Å². The lowest BCUT2D eigenvalue weighted by molar-refractivity contribution is -0.135. The highest BCUT2D eigenvalue weighted by Crippen LogP contribution is 2.26. The Morgan fingerprint density at radius 2 is 1.52 bits per heavy atom. The molecule has 0 saturated heterocycles. The zero-order valence-electron chi connectivity index (χ0n) is 12.5. The second kappa shape index (κ2) is 7.48. The molecule has 0 N–H and O–H groups in total. The first-order valence-electron chi connectivity index (χ1n) is 6.79. The maximum absolute atomic E-state index is 12.5. The summed E-state index contributed by atoms with van der Waals surface area (Å²) in [6.07, 6.45) is 0. The number of ether oxygens (including phenoxy) is 1. The Hall–Kier alpha value is -2.05. The first-order valence-corrected chi connectivity index (χ1v) is 8.89. The molecule has 120 valence electrons. The minimum absolute atomic E-state index is 0.00545. The van der Waals surface area contributed by atoms with Crippen molar-refractivity contribution in [3.8, 4) is 0 Å². The summed E-state index contributed by atoms with van der Waals surface area (Å²) in [5.41, 5.74) is 0.658. The Kier molecular flexibility index (Phi) is 5.63. The Bertz CT molecular complexity index is 810. The third-order valence-electron chi connectivity index (χ3n) is 3.20. The van der Waals surface area contributed by atoms with Gasteiger partial charge in [-0.05, 0) is 17.7 Å². The molecule has 0 bridgehead atoms. The highest BCUT2D eigenvalue weighted by atomic mass is 32.2. The molecule has 0 unspecified atom stereocenters. The van der Waals surface area contributed by atoms with Gasteiger partial charge in [0.1, 0.15) is 0 Å². The van der Waals surface area contributed by atoms with E-state index in [9.17, 15) is 13.2 Å². The molecule has 0 atom stereocenters. The van der Waals surface area contributed by atoms with Crippen LogP contribution < -0.4 is 0 Å². The van der Waals surface area contributed by atoms with Crippen LogP contribution in [0, 0.1) is 0 Å². The SMILES string of the molecule is COC(=O)C(CS(=O)(=O)c1ccccc1)=C(S)c1ccccc1. The topological polar surface area (TPSA) is 60.4 Å². The molecule has 0 aliphatic carbocycles. The Labute approximate surface area is 141 Å². The van der Waals surface area contributed by atoms with E-state index in [4.69, 9.17) is 4.74 Å². The van der Waals surface area contributed by atoms with Gasteiger partial charge in [0, 0.05) is 4.91 Å². The van der Waals surface area contributed by atoms with E-state index in [1.807, 2.05) is 6.07 Å². The normalized spacial score (nSPS) is 12.4. The van der Waals surface area contributed by atoms with Crippen LogP contribution in [-0.4, -0.2) is 27.2 Å². The summed E-state index contributed by atoms with van der Waals surface area (Å²) in [6, 6.07) is 16.9. The van der Waals surface area contributed by atoms with Gasteiger partial charge in [-0.25, -0.2) is 13.2 Å². The average molecular weight is 348 g/mol. The number of thiol groups is 1. The molecular weight excluding hydrogens is 332 g/mol. The first kappa shape index (κ1) is 17.3. The Balaban J connectivity index is 2.47. The van der Waals surface area contributed by atoms with E-state index in [0.29, 0.717) is 5.56 Å².